The topological polar surface area (TPSA) is 65.0 Å². The van der Waals surface area contributed by atoms with Crippen molar-refractivity contribution < 1.29 is 23.9 Å². The molecule has 0 aromatic heterocycles. The highest BCUT2D eigenvalue weighted by molar-refractivity contribution is 6.63. The maximum absolute atomic E-state index is 10.6. The summed E-state index contributed by atoms with van der Waals surface area (Å²) in [5.41, 5.74) is 2.01. The summed E-state index contributed by atoms with van der Waals surface area (Å²) in [5.74, 6) is -0.982. The highest BCUT2D eigenvalue weighted by Crippen LogP contribution is 2.37. The predicted octanol–water partition coefficient (Wildman–Crippen LogP) is 1.90. The van der Waals surface area contributed by atoms with Crippen LogP contribution in [0.3, 0.4) is 0 Å². The Bertz CT molecular complexity index is 552. The van der Waals surface area contributed by atoms with Gasteiger partial charge < -0.3 is 19.2 Å². The van der Waals surface area contributed by atoms with Crippen LogP contribution in [-0.2, 0) is 25.4 Å². The van der Waals surface area contributed by atoms with E-state index in [1.54, 1.807) is 0 Å². The molecule has 1 aromatic rings. The first-order valence-electron chi connectivity index (χ1n) is 7.37. The molecule has 0 radical (unpaired) electrons. The Labute approximate surface area is 131 Å². The second-order valence-electron chi connectivity index (χ2n) is 6.62. The average molecular weight is 306 g/mol. The second kappa shape index (κ2) is 6.03. The molecule has 1 saturated heterocycles. The number of carboxylic acids is 1. The number of benzene rings is 1. The van der Waals surface area contributed by atoms with Crippen LogP contribution in [0.15, 0.2) is 18.2 Å². The minimum Gasteiger partial charge on any atom is -0.480 e. The van der Waals surface area contributed by atoms with Gasteiger partial charge in [-0.2, -0.15) is 0 Å². The lowest BCUT2D eigenvalue weighted by Crippen LogP contribution is -2.41. The van der Waals surface area contributed by atoms with Gasteiger partial charge in [-0.25, -0.2) is 4.79 Å². The Hall–Kier alpha value is -1.37. The molecule has 2 rings (SSSR count). The van der Waals surface area contributed by atoms with E-state index >= 15 is 0 Å². The van der Waals surface area contributed by atoms with Crippen LogP contribution in [0.4, 0.5) is 0 Å². The Morgan fingerprint density at radius 2 is 1.82 bits per heavy atom. The molecular formula is C16H23BO5. The van der Waals surface area contributed by atoms with Crippen LogP contribution in [0.5, 0.6) is 0 Å². The molecule has 5 nitrogen and oxygen atoms in total. The standard InChI is InChI=1S/C16H23BO5/c1-11-7-6-8-12(9-20-10-13(18)19)14(11)17-21-15(2,3)16(4,5)22-17/h6-8H,9-10H2,1-5H3,(H,18,19). The maximum atomic E-state index is 10.6. The van der Waals surface area contributed by atoms with E-state index in [1.807, 2.05) is 52.8 Å². The molecule has 22 heavy (non-hydrogen) atoms. The lowest BCUT2D eigenvalue weighted by atomic mass is 9.73. The average Bonchev–Trinajstić information content (AvgIpc) is 2.57. The first-order valence-corrected chi connectivity index (χ1v) is 7.37. The largest absolute Gasteiger partial charge is 0.495 e. The van der Waals surface area contributed by atoms with Crippen LogP contribution in [0, 0.1) is 6.92 Å². The van der Waals surface area contributed by atoms with Gasteiger partial charge in [0, 0.05) is 0 Å². The van der Waals surface area contributed by atoms with Crippen LogP contribution in [-0.4, -0.2) is 36.0 Å². The first kappa shape index (κ1) is 17.0. The van der Waals surface area contributed by atoms with Crippen molar-refractivity contribution in [2.75, 3.05) is 6.61 Å². The van der Waals surface area contributed by atoms with Gasteiger partial charge >= 0.3 is 13.1 Å². The minimum atomic E-state index is -0.982. The molecule has 0 bridgehead atoms. The Kier molecular flexibility index (Phi) is 4.66. The number of carbonyl (C=O) groups is 1. The molecule has 1 fully saturated rings. The molecule has 120 valence electrons. The third kappa shape index (κ3) is 3.34. The van der Waals surface area contributed by atoms with Crippen molar-refractivity contribution in [1.29, 1.82) is 0 Å². The Balaban J connectivity index is 2.25. The number of aliphatic carboxylic acids is 1. The van der Waals surface area contributed by atoms with Gasteiger partial charge in [-0.3, -0.25) is 0 Å². The fourth-order valence-corrected chi connectivity index (χ4v) is 2.41. The van der Waals surface area contributed by atoms with Crippen LogP contribution >= 0.6 is 0 Å². The number of aryl methyl sites for hydroxylation is 1. The van der Waals surface area contributed by atoms with E-state index in [4.69, 9.17) is 19.2 Å². The van der Waals surface area contributed by atoms with Gasteiger partial charge in [-0.1, -0.05) is 23.8 Å². The zero-order valence-electron chi connectivity index (χ0n) is 13.8. The summed E-state index contributed by atoms with van der Waals surface area (Å²) in [4.78, 5) is 10.6. The van der Waals surface area contributed by atoms with E-state index in [1.165, 1.54) is 0 Å². The number of hydrogen-bond acceptors (Lipinski definition) is 4. The third-order valence-corrected chi connectivity index (χ3v) is 4.39. The summed E-state index contributed by atoms with van der Waals surface area (Å²) >= 11 is 0. The van der Waals surface area contributed by atoms with Gasteiger partial charge in [-0.15, -0.1) is 0 Å². The van der Waals surface area contributed by atoms with Gasteiger partial charge in [0.2, 0.25) is 0 Å². The van der Waals surface area contributed by atoms with E-state index in [0.29, 0.717) is 0 Å². The van der Waals surface area contributed by atoms with E-state index in [0.717, 1.165) is 16.6 Å². The van der Waals surface area contributed by atoms with Crippen molar-refractivity contribution in [3.8, 4) is 0 Å². The smallest absolute Gasteiger partial charge is 0.480 e. The normalized spacial score (nSPS) is 19.4. The molecule has 1 heterocycles. The van der Waals surface area contributed by atoms with Crippen molar-refractivity contribution in [1.82, 2.24) is 0 Å². The molecule has 1 aliphatic heterocycles. The van der Waals surface area contributed by atoms with Crippen molar-refractivity contribution >= 4 is 18.6 Å². The molecule has 0 spiro atoms. The predicted molar refractivity (Wildman–Crippen MR) is 84.2 cm³/mol. The molecule has 1 aliphatic rings. The second-order valence-corrected chi connectivity index (χ2v) is 6.62. The van der Waals surface area contributed by atoms with Crippen LogP contribution in [0.1, 0.15) is 38.8 Å². The summed E-state index contributed by atoms with van der Waals surface area (Å²) in [6.07, 6.45) is 0. The van der Waals surface area contributed by atoms with Crippen molar-refractivity contribution in [3.63, 3.8) is 0 Å². The molecule has 0 atom stereocenters. The van der Waals surface area contributed by atoms with E-state index < -0.39 is 24.3 Å². The summed E-state index contributed by atoms with van der Waals surface area (Å²) in [7, 11) is -0.477. The summed E-state index contributed by atoms with van der Waals surface area (Å²) in [6, 6.07) is 5.82. The molecule has 0 saturated carbocycles. The molecule has 0 unspecified atom stereocenters. The van der Waals surface area contributed by atoms with Crippen LogP contribution in [0.25, 0.3) is 0 Å². The highest BCUT2D eigenvalue weighted by atomic mass is 16.7. The highest BCUT2D eigenvalue weighted by Gasteiger charge is 2.52. The maximum Gasteiger partial charge on any atom is 0.495 e. The summed E-state index contributed by atoms with van der Waals surface area (Å²) in [6.45, 7) is 9.90. The minimum absolute atomic E-state index is 0.216. The van der Waals surface area contributed by atoms with E-state index in [-0.39, 0.29) is 13.2 Å². The fourth-order valence-electron chi connectivity index (χ4n) is 2.41. The molecule has 0 aliphatic carbocycles. The van der Waals surface area contributed by atoms with E-state index in [9.17, 15) is 4.79 Å². The van der Waals surface area contributed by atoms with Crippen LogP contribution < -0.4 is 5.46 Å². The molecule has 1 aromatic carbocycles. The SMILES string of the molecule is Cc1cccc(COCC(=O)O)c1B1OC(C)(C)C(C)(C)O1. The van der Waals surface area contributed by atoms with Gasteiger partial charge in [0.25, 0.3) is 0 Å². The quantitative estimate of drug-likeness (QED) is 0.842. The zero-order valence-corrected chi connectivity index (χ0v) is 13.8. The molecule has 6 heteroatoms. The monoisotopic (exact) mass is 306 g/mol. The number of rotatable bonds is 5. The fraction of sp³-hybridized carbons (Fsp3) is 0.562. The van der Waals surface area contributed by atoms with Gasteiger partial charge in [-0.05, 0) is 45.6 Å². The molecular weight excluding hydrogens is 283 g/mol. The zero-order chi connectivity index (χ0) is 16.5. The molecule has 0 amide bonds. The van der Waals surface area contributed by atoms with Crippen LogP contribution in [0.2, 0.25) is 0 Å². The lowest BCUT2D eigenvalue weighted by molar-refractivity contribution is -0.142. The number of ether oxygens (including phenoxy) is 1. The summed E-state index contributed by atoms with van der Waals surface area (Å²) < 4.78 is 17.4. The molecule has 1 N–H and O–H groups in total. The van der Waals surface area contributed by atoms with Gasteiger partial charge in [0.1, 0.15) is 6.61 Å². The Morgan fingerprint density at radius 1 is 1.23 bits per heavy atom. The summed E-state index contributed by atoms with van der Waals surface area (Å²) in [5, 5.41) is 8.69. The van der Waals surface area contributed by atoms with Crippen molar-refractivity contribution in [2.24, 2.45) is 0 Å². The van der Waals surface area contributed by atoms with E-state index in [2.05, 4.69) is 0 Å². The lowest BCUT2D eigenvalue weighted by Gasteiger charge is -2.32. The van der Waals surface area contributed by atoms with Gasteiger partial charge in [0.05, 0.1) is 17.8 Å². The van der Waals surface area contributed by atoms with Gasteiger partial charge in [0.15, 0.2) is 0 Å². The first-order chi connectivity index (χ1) is 10.1. The van der Waals surface area contributed by atoms with Crippen molar-refractivity contribution in [2.45, 2.75) is 52.4 Å². The third-order valence-electron chi connectivity index (χ3n) is 4.39. The number of carboxylic acid groups (broad SMARTS) is 1. The Morgan fingerprint density at radius 3 is 2.36 bits per heavy atom. The number of hydrogen-bond donors (Lipinski definition) is 1. The van der Waals surface area contributed by atoms with Crippen molar-refractivity contribution in [3.05, 3.63) is 29.3 Å².